The average Bonchev–Trinajstić information content (AvgIpc) is 3.55. The van der Waals surface area contributed by atoms with Crippen molar-refractivity contribution in [1.29, 1.82) is 0 Å². The molecule has 0 bridgehead atoms. The summed E-state index contributed by atoms with van der Waals surface area (Å²) in [6.45, 7) is 2.94. The first kappa shape index (κ1) is 39.1. The van der Waals surface area contributed by atoms with E-state index in [1.807, 2.05) is 0 Å². The van der Waals surface area contributed by atoms with Crippen molar-refractivity contribution in [2.24, 2.45) is 11.7 Å². The molecule has 2 saturated heterocycles. The van der Waals surface area contributed by atoms with E-state index in [0.29, 0.717) is 0 Å². The number of quaternary nitrogens is 1. The molecule has 2 unspecified atom stereocenters. The molecule has 17 nitrogen and oxygen atoms in total. The Bertz CT molecular complexity index is 1280. The molecule has 0 saturated carbocycles. The number of phenolic OH excluding ortho intramolecular Hbond substituents is 1. The third-order valence-electron chi connectivity index (χ3n) is 7.61. The molecule has 47 heavy (non-hydrogen) atoms. The van der Waals surface area contributed by atoms with Gasteiger partial charge in [0.15, 0.2) is 6.04 Å². The number of likely N-dealkylation sites (tertiary alicyclic amines) is 1. The van der Waals surface area contributed by atoms with Crippen LogP contribution in [0.25, 0.3) is 0 Å². The van der Waals surface area contributed by atoms with Gasteiger partial charge in [0, 0.05) is 18.9 Å². The van der Waals surface area contributed by atoms with Gasteiger partial charge in [0.1, 0.15) is 54.7 Å². The van der Waals surface area contributed by atoms with Crippen molar-refractivity contribution in [2.75, 3.05) is 13.1 Å². The Balaban J connectivity index is 0.000000984. The standard InChI is InChI=1S/C25H37N5O10.C2HF3O2/c1-10-9-30(18(19(10)34)22(26)37)25(40)16(11(2)31)28-24(39)17(29-23(38)15-7-14(33)8-27-15)21(36)20(35)12-3-5-13(32)6-4-12;3-2(4,5)1(6)7/h3-6,10-11,14-21,27,31-36H,7-9H2,1-2H3,(H2,26,37)(H,28,39)(H,29,38);(H,6,7)/t10-,11?,14+,15-,16-,17?,18-,19-,20-,21-;/m0./s1. The zero-order chi connectivity index (χ0) is 36.0. The lowest BCUT2D eigenvalue weighted by Gasteiger charge is -2.32. The number of halogens is 3. The van der Waals surface area contributed by atoms with E-state index in [-0.39, 0.29) is 30.8 Å². The number of carbonyl (C=O) groups excluding carboxylic acids is 5. The summed E-state index contributed by atoms with van der Waals surface area (Å²) in [5.74, 6) is -7.42. The zero-order valence-corrected chi connectivity index (χ0v) is 25.1. The lowest BCUT2D eigenvalue weighted by Crippen LogP contribution is -2.90. The quantitative estimate of drug-likeness (QED) is 0.110. The van der Waals surface area contributed by atoms with Gasteiger partial charge in [-0.15, -0.1) is 0 Å². The van der Waals surface area contributed by atoms with Crippen molar-refractivity contribution >= 4 is 29.6 Å². The summed E-state index contributed by atoms with van der Waals surface area (Å²) in [5, 5.41) is 76.8. The van der Waals surface area contributed by atoms with Crippen LogP contribution in [0.3, 0.4) is 0 Å². The number of nitrogens with zero attached hydrogens (tertiary/aromatic N) is 1. The fourth-order valence-corrected chi connectivity index (χ4v) is 5.02. The molecule has 2 aliphatic heterocycles. The summed E-state index contributed by atoms with van der Waals surface area (Å²) in [5.41, 5.74) is 5.48. The largest absolute Gasteiger partial charge is 0.542 e. The second-order valence-electron chi connectivity index (χ2n) is 11.3. The van der Waals surface area contributed by atoms with Crippen LogP contribution in [0, 0.1) is 5.92 Å². The fourth-order valence-electron chi connectivity index (χ4n) is 5.02. The maximum absolute atomic E-state index is 13.4. The number of hydrogen-bond acceptors (Lipinski definition) is 12. The Morgan fingerprint density at radius 3 is 2.04 bits per heavy atom. The van der Waals surface area contributed by atoms with Gasteiger partial charge in [-0.3, -0.25) is 19.2 Å². The normalized spacial score (nSPS) is 25.7. The molecule has 0 radical (unpaired) electrons. The van der Waals surface area contributed by atoms with Crippen LogP contribution in [0.1, 0.15) is 31.9 Å². The molecule has 0 spiro atoms. The number of amides is 4. The number of phenols is 1. The number of nitrogens with two attached hydrogens (primary N) is 2. The Hall–Kier alpha value is -4.08. The van der Waals surface area contributed by atoms with E-state index < -0.39 is 96.4 Å². The molecule has 0 aromatic heterocycles. The van der Waals surface area contributed by atoms with Crippen molar-refractivity contribution in [3.63, 3.8) is 0 Å². The molecule has 2 fully saturated rings. The Labute approximate surface area is 265 Å². The van der Waals surface area contributed by atoms with Crippen LogP contribution >= 0.6 is 0 Å². The smallest absolute Gasteiger partial charge is 0.430 e. The van der Waals surface area contributed by atoms with E-state index in [1.165, 1.54) is 31.2 Å². The topological polar surface area (TPSA) is 300 Å². The molecule has 2 heterocycles. The number of rotatable bonds is 10. The van der Waals surface area contributed by atoms with Gasteiger partial charge in [-0.1, -0.05) is 19.1 Å². The highest BCUT2D eigenvalue weighted by Gasteiger charge is 2.48. The molecule has 264 valence electrons. The van der Waals surface area contributed by atoms with Gasteiger partial charge in [0.2, 0.25) is 17.7 Å². The summed E-state index contributed by atoms with van der Waals surface area (Å²) in [6, 6.07) is -0.618. The SMILES string of the molecule is CC(O)[C@H](NC(=O)C(NC(=O)[C@@H]1C[C@@H](O)C[NH2+]1)[C@H](O)[C@@H](O)c1ccc(O)cc1)C(=O)N1C[C@H](C)[C@H](O)[C@H]1C(N)=O.O=C([O-])C(F)(F)F. The van der Waals surface area contributed by atoms with Gasteiger partial charge in [-0.25, -0.2) is 0 Å². The van der Waals surface area contributed by atoms with Crippen molar-refractivity contribution in [3.05, 3.63) is 29.8 Å². The molecular weight excluding hydrogens is 643 g/mol. The number of primary amides is 1. The van der Waals surface area contributed by atoms with E-state index in [4.69, 9.17) is 15.6 Å². The van der Waals surface area contributed by atoms with Gasteiger partial charge in [0.05, 0.1) is 12.2 Å². The lowest BCUT2D eigenvalue weighted by molar-refractivity contribution is -0.659. The van der Waals surface area contributed by atoms with Gasteiger partial charge < -0.3 is 67.1 Å². The molecule has 2 aliphatic rings. The summed E-state index contributed by atoms with van der Waals surface area (Å²) in [4.78, 5) is 61.4. The average molecular weight is 682 g/mol. The number of hydrogen-bond donors (Lipinski definition) is 10. The minimum atomic E-state index is -5.19. The number of aliphatic hydroxyl groups excluding tert-OH is 5. The summed E-state index contributed by atoms with van der Waals surface area (Å²) >= 11 is 0. The van der Waals surface area contributed by atoms with Gasteiger partial charge >= 0.3 is 6.18 Å². The highest BCUT2D eigenvalue weighted by Crippen LogP contribution is 2.25. The molecule has 3 rings (SSSR count). The lowest BCUT2D eigenvalue weighted by atomic mass is 9.97. The maximum atomic E-state index is 13.4. The number of alkyl halides is 3. The van der Waals surface area contributed by atoms with Crippen LogP contribution in [0.15, 0.2) is 24.3 Å². The summed E-state index contributed by atoms with van der Waals surface area (Å²) in [7, 11) is 0. The number of nitrogens with one attached hydrogen (secondary N) is 2. The Morgan fingerprint density at radius 2 is 1.60 bits per heavy atom. The number of aromatic hydroxyl groups is 1. The first-order chi connectivity index (χ1) is 21.7. The molecular formula is C27H38F3N5O12. The summed E-state index contributed by atoms with van der Waals surface area (Å²) in [6.07, 6.45) is -12.4. The van der Waals surface area contributed by atoms with E-state index in [1.54, 1.807) is 12.2 Å². The van der Waals surface area contributed by atoms with E-state index in [9.17, 15) is 63.0 Å². The molecule has 20 heteroatoms. The Kier molecular flexibility index (Phi) is 13.4. The maximum Gasteiger partial charge on any atom is 0.430 e. The minimum absolute atomic E-state index is 0.0789. The van der Waals surface area contributed by atoms with Crippen LogP contribution in [0.2, 0.25) is 0 Å². The van der Waals surface area contributed by atoms with E-state index in [0.717, 1.165) is 4.90 Å². The van der Waals surface area contributed by atoms with E-state index >= 15 is 0 Å². The Morgan fingerprint density at radius 1 is 1.04 bits per heavy atom. The zero-order valence-electron chi connectivity index (χ0n) is 25.1. The molecule has 0 aliphatic carbocycles. The first-order valence-electron chi connectivity index (χ1n) is 14.2. The van der Waals surface area contributed by atoms with Crippen LogP contribution in [-0.4, -0.2) is 133 Å². The number of carboxylic acids is 1. The van der Waals surface area contributed by atoms with Crippen LogP contribution in [-0.2, 0) is 24.0 Å². The molecule has 4 amide bonds. The first-order valence-corrected chi connectivity index (χ1v) is 14.2. The van der Waals surface area contributed by atoms with E-state index in [2.05, 4.69) is 10.6 Å². The summed E-state index contributed by atoms with van der Waals surface area (Å²) < 4.78 is 31.5. The predicted octanol–water partition coefficient (Wildman–Crippen LogP) is -6.17. The second-order valence-corrected chi connectivity index (χ2v) is 11.3. The third kappa shape index (κ3) is 10.2. The van der Waals surface area contributed by atoms with Crippen LogP contribution in [0.4, 0.5) is 13.2 Å². The van der Waals surface area contributed by atoms with Gasteiger partial charge in [0.25, 0.3) is 5.91 Å². The van der Waals surface area contributed by atoms with Crippen LogP contribution in [0.5, 0.6) is 5.75 Å². The minimum Gasteiger partial charge on any atom is -0.542 e. The molecule has 12 N–H and O–H groups in total. The van der Waals surface area contributed by atoms with Crippen LogP contribution < -0.4 is 26.8 Å². The highest BCUT2D eigenvalue weighted by molar-refractivity contribution is 5.95. The fraction of sp³-hybridized carbons (Fsp3) is 0.593. The van der Waals surface area contributed by atoms with Crippen molar-refractivity contribution in [1.82, 2.24) is 15.5 Å². The molecule has 1 aromatic carbocycles. The van der Waals surface area contributed by atoms with Crippen molar-refractivity contribution in [3.8, 4) is 5.75 Å². The molecule has 10 atom stereocenters. The number of carboxylic acid groups (broad SMARTS) is 1. The van der Waals surface area contributed by atoms with Gasteiger partial charge in [-0.05, 0) is 24.6 Å². The number of carbonyl (C=O) groups is 5. The second kappa shape index (κ2) is 16.2. The number of aliphatic carboxylic acids is 1. The third-order valence-corrected chi connectivity index (χ3v) is 7.61. The highest BCUT2D eigenvalue weighted by atomic mass is 19.4. The monoisotopic (exact) mass is 681 g/mol. The molecule has 1 aromatic rings. The van der Waals surface area contributed by atoms with Crippen molar-refractivity contribution in [2.45, 2.75) is 81.1 Å². The van der Waals surface area contributed by atoms with Gasteiger partial charge in [-0.2, -0.15) is 13.2 Å². The number of aliphatic hydroxyl groups is 5. The predicted molar refractivity (Wildman–Crippen MR) is 147 cm³/mol. The van der Waals surface area contributed by atoms with Crippen molar-refractivity contribution < 1.29 is 78.2 Å². The number of benzene rings is 1.